The number of non-ortho nitro benzene ring substituents is 1. The van der Waals surface area contributed by atoms with E-state index in [1.54, 1.807) is 31.4 Å². The van der Waals surface area contributed by atoms with Crippen molar-refractivity contribution in [1.82, 2.24) is 4.90 Å². The molecule has 2 aromatic carbocycles. The molecule has 0 bridgehead atoms. The molecular weight excluding hydrogens is 554 g/mol. The van der Waals surface area contributed by atoms with Crippen LogP contribution in [0.1, 0.15) is 64.9 Å². The Kier molecular flexibility index (Phi) is 7.72. The first-order chi connectivity index (χ1) is 20.2. The Hall–Kier alpha value is -4.38. The smallest absolute Gasteiger partial charge is 0.318 e. The quantitative estimate of drug-likeness (QED) is 0.245. The summed E-state index contributed by atoms with van der Waals surface area (Å²) in [5.41, 5.74) is 2.48. The fourth-order valence-corrected chi connectivity index (χ4v) is 6.54. The van der Waals surface area contributed by atoms with E-state index in [0.29, 0.717) is 50.0 Å². The molecule has 0 saturated carbocycles. The van der Waals surface area contributed by atoms with Crippen molar-refractivity contribution in [2.24, 2.45) is 10.8 Å². The van der Waals surface area contributed by atoms with Crippen LogP contribution in [0.25, 0.3) is 0 Å². The molecule has 0 fully saturated rings. The average Bonchev–Trinajstić information content (AvgIpc) is 2.90. The van der Waals surface area contributed by atoms with E-state index in [0.717, 1.165) is 29.1 Å². The zero-order chi connectivity index (χ0) is 31.3. The molecular formula is C32H35N3O8. The van der Waals surface area contributed by atoms with Crippen LogP contribution in [0, 0.1) is 31.1 Å². The first kappa shape index (κ1) is 30.1. The second kappa shape index (κ2) is 11.0. The Morgan fingerprint density at radius 1 is 0.837 bits per heavy atom. The minimum atomic E-state index is -0.734. The molecule has 0 aromatic heterocycles. The summed E-state index contributed by atoms with van der Waals surface area (Å²) in [6, 6.07) is 10.0. The largest absolute Gasteiger partial charge is 0.450 e. The summed E-state index contributed by atoms with van der Waals surface area (Å²) in [4.78, 5) is 51.1. The lowest BCUT2D eigenvalue weighted by Gasteiger charge is -2.49. The van der Waals surface area contributed by atoms with Gasteiger partial charge in [-0.2, -0.15) is 0 Å². The molecule has 0 atom stereocenters. The summed E-state index contributed by atoms with van der Waals surface area (Å²) in [5.74, 6) is -0.374. The predicted molar refractivity (Wildman–Crippen MR) is 158 cm³/mol. The van der Waals surface area contributed by atoms with Gasteiger partial charge in [0.05, 0.1) is 22.5 Å². The normalized spacial score (nSPS) is 19.7. The molecule has 0 saturated heterocycles. The van der Waals surface area contributed by atoms with Gasteiger partial charge in [0.25, 0.3) is 5.69 Å². The zero-order valence-electron chi connectivity index (χ0n) is 25.0. The van der Waals surface area contributed by atoms with E-state index >= 15 is 0 Å². The number of carbonyl (C=O) groups excluding carboxylic acids is 2. The van der Waals surface area contributed by atoms with E-state index in [-0.39, 0.29) is 33.9 Å². The Morgan fingerprint density at radius 2 is 1.40 bits per heavy atom. The Morgan fingerprint density at radius 3 is 1.88 bits per heavy atom. The molecule has 5 rings (SSSR count). The summed E-state index contributed by atoms with van der Waals surface area (Å²) < 4.78 is 11.2. The Balaban J connectivity index is 1.59. The van der Waals surface area contributed by atoms with Gasteiger partial charge in [0.2, 0.25) is 5.75 Å². The first-order valence-corrected chi connectivity index (χ1v) is 14.2. The summed E-state index contributed by atoms with van der Waals surface area (Å²) in [5, 5.41) is 22.7. The third kappa shape index (κ3) is 5.81. The second-order valence-electron chi connectivity index (χ2n) is 13.0. The van der Waals surface area contributed by atoms with Gasteiger partial charge in [-0.05, 0) is 47.4 Å². The number of nitrogens with zero attached hydrogens (tertiary/aromatic N) is 3. The summed E-state index contributed by atoms with van der Waals surface area (Å²) in [6.07, 6.45) is 2.11. The number of Topliss-reactive ketones (excluding diaryl/α,β-unsaturated/α-hetero) is 2. The van der Waals surface area contributed by atoms with Crippen LogP contribution in [-0.2, 0) is 14.3 Å². The minimum Gasteiger partial charge on any atom is -0.450 e. The van der Waals surface area contributed by atoms with E-state index in [4.69, 9.17) is 9.47 Å². The van der Waals surface area contributed by atoms with Crippen LogP contribution >= 0.6 is 0 Å². The number of allylic oxidation sites excluding steroid dienone is 4. The van der Waals surface area contributed by atoms with Gasteiger partial charge in [-0.1, -0.05) is 39.8 Å². The van der Waals surface area contributed by atoms with Crippen molar-refractivity contribution in [2.75, 3.05) is 20.3 Å². The van der Waals surface area contributed by atoms with Gasteiger partial charge in [-0.15, -0.1) is 0 Å². The van der Waals surface area contributed by atoms with E-state index in [1.165, 1.54) is 6.07 Å². The molecule has 11 nitrogen and oxygen atoms in total. The molecule has 43 heavy (non-hydrogen) atoms. The number of hydrogen-bond donors (Lipinski definition) is 0. The number of benzene rings is 2. The standard InChI is InChI=1S/C32H35N3O8/c1-31(2)15-23-29(25(36)17-31)28(30-24(33(23)12-13-42-5)16-32(3,4)18-26(30)37)19-6-9-21(10-7-19)43-27-11-8-20(34(38)39)14-22(27)35(40)41/h6-11,14,28H,12-13,15-18H2,1-5H3. The van der Waals surface area contributed by atoms with E-state index in [2.05, 4.69) is 32.6 Å². The van der Waals surface area contributed by atoms with E-state index in [9.17, 15) is 29.8 Å². The molecule has 3 aliphatic rings. The molecule has 2 aliphatic carbocycles. The van der Waals surface area contributed by atoms with Gasteiger partial charge >= 0.3 is 5.69 Å². The third-order valence-corrected chi connectivity index (χ3v) is 8.33. The topological polar surface area (TPSA) is 142 Å². The first-order valence-electron chi connectivity index (χ1n) is 14.2. The lowest BCUT2D eigenvalue weighted by molar-refractivity contribution is -0.394. The van der Waals surface area contributed by atoms with Crippen LogP contribution in [0.4, 0.5) is 11.4 Å². The van der Waals surface area contributed by atoms with Crippen LogP contribution in [-0.4, -0.2) is 46.6 Å². The van der Waals surface area contributed by atoms with Crippen molar-refractivity contribution in [2.45, 2.75) is 59.3 Å². The lowest BCUT2D eigenvalue weighted by Crippen LogP contribution is -2.45. The molecule has 0 spiro atoms. The SMILES string of the molecule is COCCN1C2=C(C(=O)CC(C)(C)C2)C(c2ccc(Oc3ccc([N+](=O)[O-])cc3[N+](=O)[O-])cc2)C2=C1CC(C)(C)CC2=O. The average molecular weight is 590 g/mol. The number of nitro groups is 2. The number of ether oxygens (including phenoxy) is 2. The molecule has 0 unspecified atom stereocenters. The van der Waals surface area contributed by atoms with Crippen molar-refractivity contribution in [3.8, 4) is 11.5 Å². The van der Waals surface area contributed by atoms with Crippen molar-refractivity contribution in [3.05, 3.63) is 90.8 Å². The van der Waals surface area contributed by atoms with Crippen LogP contribution in [0.5, 0.6) is 11.5 Å². The lowest BCUT2D eigenvalue weighted by atomic mass is 9.63. The zero-order valence-corrected chi connectivity index (χ0v) is 25.0. The predicted octanol–water partition coefficient (Wildman–Crippen LogP) is 6.63. The number of methoxy groups -OCH3 is 1. The molecule has 1 heterocycles. The molecule has 0 N–H and O–H groups in total. The van der Waals surface area contributed by atoms with Gasteiger partial charge < -0.3 is 14.4 Å². The third-order valence-electron chi connectivity index (χ3n) is 8.33. The highest BCUT2D eigenvalue weighted by Crippen LogP contribution is 2.54. The van der Waals surface area contributed by atoms with Crippen molar-refractivity contribution in [3.63, 3.8) is 0 Å². The number of nitro benzene ring substituents is 2. The van der Waals surface area contributed by atoms with Crippen molar-refractivity contribution >= 4 is 22.9 Å². The maximum absolute atomic E-state index is 13.9. The molecule has 2 aromatic rings. The molecule has 226 valence electrons. The second-order valence-corrected chi connectivity index (χ2v) is 13.0. The number of carbonyl (C=O) groups is 2. The van der Waals surface area contributed by atoms with Gasteiger partial charge in [0.15, 0.2) is 11.6 Å². The van der Waals surface area contributed by atoms with Crippen LogP contribution in [0.2, 0.25) is 0 Å². The van der Waals surface area contributed by atoms with Gasteiger partial charge in [-0.25, -0.2) is 0 Å². The highest BCUT2D eigenvalue weighted by Gasteiger charge is 2.48. The number of hydrogen-bond acceptors (Lipinski definition) is 9. The molecule has 0 radical (unpaired) electrons. The van der Waals surface area contributed by atoms with E-state index < -0.39 is 27.1 Å². The van der Waals surface area contributed by atoms with Crippen molar-refractivity contribution < 1.29 is 28.9 Å². The van der Waals surface area contributed by atoms with Gasteiger partial charge in [0, 0.05) is 61.0 Å². The summed E-state index contributed by atoms with van der Waals surface area (Å²) in [7, 11) is 1.64. The summed E-state index contributed by atoms with van der Waals surface area (Å²) >= 11 is 0. The molecule has 11 heteroatoms. The molecule has 1 aliphatic heterocycles. The highest BCUT2D eigenvalue weighted by atomic mass is 16.6. The maximum Gasteiger partial charge on any atom is 0.318 e. The summed E-state index contributed by atoms with van der Waals surface area (Å²) in [6.45, 7) is 9.32. The maximum atomic E-state index is 13.9. The highest BCUT2D eigenvalue weighted by molar-refractivity contribution is 6.06. The van der Waals surface area contributed by atoms with Gasteiger partial charge in [0.1, 0.15) is 5.75 Å². The number of ketones is 2. The van der Waals surface area contributed by atoms with E-state index in [1.807, 2.05) is 0 Å². The molecule has 0 amide bonds. The number of rotatable bonds is 8. The fourth-order valence-electron chi connectivity index (χ4n) is 6.54. The fraction of sp³-hybridized carbons (Fsp3) is 0.438. The Labute approximate surface area is 249 Å². The van der Waals surface area contributed by atoms with Gasteiger partial charge in [-0.3, -0.25) is 29.8 Å². The van der Waals surface area contributed by atoms with Crippen molar-refractivity contribution in [1.29, 1.82) is 0 Å². The van der Waals surface area contributed by atoms with Crippen LogP contribution < -0.4 is 4.74 Å². The Bertz CT molecular complexity index is 1530. The van der Waals surface area contributed by atoms with Crippen LogP contribution in [0.15, 0.2) is 65.0 Å². The van der Waals surface area contributed by atoms with Crippen LogP contribution in [0.3, 0.4) is 0 Å². The monoisotopic (exact) mass is 589 g/mol. The minimum absolute atomic E-state index is 0.0182.